The maximum atomic E-state index is 13.7. The van der Waals surface area contributed by atoms with Crippen molar-refractivity contribution in [1.82, 2.24) is 4.98 Å². The Morgan fingerprint density at radius 3 is 2.75 bits per heavy atom. The number of nitrogen functional groups attached to an aromatic ring is 1. The number of hydrogen-bond donors (Lipinski definition) is 2. The minimum absolute atomic E-state index is 0.0618. The zero-order chi connectivity index (χ0) is 14.1. The fourth-order valence-electron chi connectivity index (χ4n) is 1.99. The lowest BCUT2D eigenvalue weighted by molar-refractivity contribution is 0.512. The summed E-state index contributed by atoms with van der Waals surface area (Å²) >= 11 is 0. The maximum Gasteiger partial charge on any atom is 0.184 e. The number of rotatable bonds is 2. The Hall–Kier alpha value is -2.69. The fraction of sp³-hybridized carbons (Fsp3) is 0. The Kier molecular flexibility index (Phi) is 2.95. The van der Waals surface area contributed by atoms with Gasteiger partial charge in [-0.3, -0.25) is 4.98 Å². The minimum atomic E-state index is -0.990. The Bertz CT molecular complexity index is 787. The van der Waals surface area contributed by atoms with Crippen molar-refractivity contribution >= 4 is 28.0 Å². The summed E-state index contributed by atoms with van der Waals surface area (Å²) < 4.78 is 27.0. The van der Waals surface area contributed by atoms with Crippen LogP contribution >= 0.6 is 0 Å². The fourth-order valence-corrected chi connectivity index (χ4v) is 1.99. The maximum absolute atomic E-state index is 13.7. The molecule has 3 rings (SSSR count). The first-order valence-corrected chi connectivity index (χ1v) is 6.00. The molecular formula is C15H11F2N3. The van der Waals surface area contributed by atoms with Crippen LogP contribution in [0.15, 0.2) is 48.7 Å². The lowest BCUT2D eigenvalue weighted by Gasteiger charge is -2.11. The third-order valence-electron chi connectivity index (χ3n) is 3.00. The first-order valence-electron chi connectivity index (χ1n) is 6.00. The van der Waals surface area contributed by atoms with Crippen LogP contribution in [0.3, 0.4) is 0 Å². The van der Waals surface area contributed by atoms with E-state index in [-0.39, 0.29) is 11.4 Å². The smallest absolute Gasteiger partial charge is 0.184 e. The molecule has 2 aromatic carbocycles. The summed E-state index contributed by atoms with van der Waals surface area (Å²) in [6, 6.07) is 11.3. The molecule has 0 bridgehead atoms. The van der Waals surface area contributed by atoms with Crippen LogP contribution in [0.1, 0.15) is 0 Å². The van der Waals surface area contributed by atoms with Crippen molar-refractivity contribution in [3.8, 4) is 0 Å². The second kappa shape index (κ2) is 4.77. The Balaban J connectivity index is 2.03. The Morgan fingerprint density at radius 1 is 1.05 bits per heavy atom. The van der Waals surface area contributed by atoms with E-state index < -0.39 is 11.6 Å². The molecule has 0 amide bonds. The van der Waals surface area contributed by atoms with Gasteiger partial charge < -0.3 is 11.1 Å². The number of pyridine rings is 1. The van der Waals surface area contributed by atoms with Gasteiger partial charge in [0, 0.05) is 17.3 Å². The minimum Gasteiger partial charge on any atom is -0.397 e. The summed E-state index contributed by atoms with van der Waals surface area (Å²) in [5.41, 5.74) is 7.19. The number of fused-ring (bicyclic) bond motifs is 1. The standard InChI is InChI=1S/C15H11F2N3/c16-11-4-5-12(18)15(14(11)17)20-10-3-6-13-9(8-10)2-1-7-19-13/h1-8,20H,18H2. The molecule has 0 saturated carbocycles. The lowest BCUT2D eigenvalue weighted by atomic mass is 10.2. The SMILES string of the molecule is Nc1ccc(F)c(F)c1Nc1ccc2ncccc2c1. The van der Waals surface area contributed by atoms with Gasteiger partial charge in [0.15, 0.2) is 11.6 Å². The van der Waals surface area contributed by atoms with Crippen molar-refractivity contribution in [2.45, 2.75) is 0 Å². The molecule has 1 aromatic heterocycles. The van der Waals surface area contributed by atoms with Gasteiger partial charge in [-0.2, -0.15) is 0 Å². The highest BCUT2D eigenvalue weighted by Crippen LogP contribution is 2.29. The molecule has 20 heavy (non-hydrogen) atoms. The number of halogens is 2. The Labute approximate surface area is 114 Å². The van der Waals surface area contributed by atoms with Crippen LogP contribution < -0.4 is 11.1 Å². The summed E-state index contributed by atoms with van der Waals surface area (Å²) in [6.45, 7) is 0. The van der Waals surface area contributed by atoms with E-state index in [0.29, 0.717) is 5.69 Å². The van der Waals surface area contributed by atoms with E-state index in [1.165, 1.54) is 6.07 Å². The monoisotopic (exact) mass is 271 g/mol. The van der Waals surface area contributed by atoms with Crippen molar-refractivity contribution in [3.63, 3.8) is 0 Å². The van der Waals surface area contributed by atoms with Gasteiger partial charge in [0.2, 0.25) is 0 Å². The molecule has 0 fully saturated rings. The molecular weight excluding hydrogens is 260 g/mol. The topological polar surface area (TPSA) is 50.9 Å². The van der Waals surface area contributed by atoms with Crippen molar-refractivity contribution in [2.75, 3.05) is 11.1 Å². The molecule has 0 saturated heterocycles. The van der Waals surface area contributed by atoms with Crippen LogP contribution in [0, 0.1) is 11.6 Å². The molecule has 0 aliphatic carbocycles. The van der Waals surface area contributed by atoms with Gasteiger partial charge in [0.05, 0.1) is 11.2 Å². The van der Waals surface area contributed by atoms with Crippen LogP contribution in [-0.4, -0.2) is 4.98 Å². The summed E-state index contributed by atoms with van der Waals surface area (Å²) in [5.74, 6) is -1.93. The van der Waals surface area contributed by atoms with Crippen LogP contribution in [-0.2, 0) is 0 Å². The van der Waals surface area contributed by atoms with Gasteiger partial charge >= 0.3 is 0 Å². The molecule has 1 heterocycles. The van der Waals surface area contributed by atoms with Gasteiger partial charge in [-0.15, -0.1) is 0 Å². The number of hydrogen-bond acceptors (Lipinski definition) is 3. The quantitative estimate of drug-likeness (QED) is 0.696. The molecule has 3 nitrogen and oxygen atoms in total. The van der Waals surface area contributed by atoms with Crippen LogP contribution in [0.5, 0.6) is 0 Å². The van der Waals surface area contributed by atoms with E-state index in [2.05, 4.69) is 10.3 Å². The van der Waals surface area contributed by atoms with E-state index in [4.69, 9.17) is 5.73 Å². The number of anilines is 3. The van der Waals surface area contributed by atoms with Gasteiger partial charge in [-0.1, -0.05) is 6.07 Å². The van der Waals surface area contributed by atoms with Crippen molar-refractivity contribution in [3.05, 3.63) is 60.3 Å². The van der Waals surface area contributed by atoms with E-state index in [1.807, 2.05) is 12.1 Å². The highest BCUT2D eigenvalue weighted by molar-refractivity contribution is 5.84. The molecule has 0 aliphatic rings. The van der Waals surface area contributed by atoms with Gasteiger partial charge in [-0.05, 0) is 36.4 Å². The van der Waals surface area contributed by atoms with Crippen molar-refractivity contribution < 1.29 is 8.78 Å². The number of nitrogens with one attached hydrogen (secondary N) is 1. The molecule has 0 unspecified atom stereocenters. The van der Waals surface area contributed by atoms with E-state index in [9.17, 15) is 8.78 Å². The molecule has 0 spiro atoms. The summed E-state index contributed by atoms with van der Waals surface area (Å²) in [5, 5.41) is 3.70. The van der Waals surface area contributed by atoms with Gasteiger partial charge in [0.1, 0.15) is 5.69 Å². The average molecular weight is 271 g/mol. The van der Waals surface area contributed by atoms with Crippen LogP contribution in [0.4, 0.5) is 25.8 Å². The zero-order valence-corrected chi connectivity index (χ0v) is 10.4. The largest absolute Gasteiger partial charge is 0.397 e. The molecule has 3 aromatic rings. The Morgan fingerprint density at radius 2 is 1.90 bits per heavy atom. The van der Waals surface area contributed by atoms with Crippen LogP contribution in [0.25, 0.3) is 10.9 Å². The predicted octanol–water partition coefficient (Wildman–Crippen LogP) is 3.84. The third-order valence-corrected chi connectivity index (χ3v) is 3.00. The number of nitrogens with zero attached hydrogens (tertiary/aromatic N) is 1. The molecule has 3 N–H and O–H groups in total. The normalized spacial score (nSPS) is 10.7. The van der Waals surface area contributed by atoms with Crippen molar-refractivity contribution in [1.29, 1.82) is 0 Å². The van der Waals surface area contributed by atoms with Gasteiger partial charge in [0.25, 0.3) is 0 Å². The predicted molar refractivity (Wildman–Crippen MR) is 75.8 cm³/mol. The number of aromatic nitrogens is 1. The molecule has 0 atom stereocenters. The first kappa shape index (κ1) is 12.3. The van der Waals surface area contributed by atoms with Crippen LogP contribution in [0.2, 0.25) is 0 Å². The molecule has 100 valence electrons. The highest BCUT2D eigenvalue weighted by atomic mass is 19.2. The second-order valence-electron chi connectivity index (χ2n) is 4.36. The lowest BCUT2D eigenvalue weighted by Crippen LogP contribution is -2.01. The van der Waals surface area contributed by atoms with Gasteiger partial charge in [-0.25, -0.2) is 8.78 Å². The molecule has 0 aliphatic heterocycles. The molecule has 5 heteroatoms. The zero-order valence-electron chi connectivity index (χ0n) is 10.4. The number of benzene rings is 2. The number of nitrogens with two attached hydrogens (primary N) is 1. The molecule has 0 radical (unpaired) electrons. The van der Waals surface area contributed by atoms with E-state index in [1.54, 1.807) is 24.4 Å². The first-order chi connectivity index (χ1) is 9.65. The highest BCUT2D eigenvalue weighted by Gasteiger charge is 2.12. The van der Waals surface area contributed by atoms with E-state index in [0.717, 1.165) is 17.0 Å². The summed E-state index contributed by atoms with van der Waals surface area (Å²) in [4.78, 5) is 4.19. The second-order valence-corrected chi connectivity index (χ2v) is 4.36. The average Bonchev–Trinajstić information content (AvgIpc) is 2.47. The van der Waals surface area contributed by atoms with Crippen molar-refractivity contribution in [2.24, 2.45) is 0 Å². The summed E-state index contributed by atoms with van der Waals surface area (Å²) in [7, 11) is 0. The van der Waals surface area contributed by atoms with E-state index >= 15 is 0 Å². The summed E-state index contributed by atoms with van der Waals surface area (Å²) in [6.07, 6.45) is 1.69. The third kappa shape index (κ3) is 2.14.